The molecular formula is C22H16FN3O3. The number of nitrogens with one attached hydrogen (secondary N) is 1. The van der Waals surface area contributed by atoms with Crippen LogP contribution in [0.5, 0.6) is 5.75 Å². The lowest BCUT2D eigenvalue weighted by Crippen LogP contribution is -2.33. The molecule has 0 fully saturated rings. The predicted octanol–water partition coefficient (Wildman–Crippen LogP) is 3.16. The van der Waals surface area contributed by atoms with E-state index < -0.39 is 28.6 Å². The molecule has 0 unspecified atom stereocenters. The summed E-state index contributed by atoms with van der Waals surface area (Å²) in [6.45, 7) is 0.184. The van der Waals surface area contributed by atoms with Crippen LogP contribution in [0.4, 0.5) is 4.39 Å². The van der Waals surface area contributed by atoms with Crippen molar-refractivity contribution in [1.29, 1.82) is 0 Å². The van der Waals surface area contributed by atoms with Crippen molar-refractivity contribution in [1.82, 2.24) is 14.9 Å². The fourth-order valence-corrected chi connectivity index (χ4v) is 3.13. The van der Waals surface area contributed by atoms with Crippen LogP contribution in [0.25, 0.3) is 16.7 Å². The van der Waals surface area contributed by atoms with E-state index in [1.807, 2.05) is 30.3 Å². The molecule has 0 saturated heterocycles. The fraction of sp³-hybridized carbons (Fsp3) is 0.0455. The average molecular weight is 389 g/mol. The molecule has 0 radical (unpaired) electrons. The van der Waals surface area contributed by atoms with E-state index in [2.05, 4.69) is 10.3 Å². The number of hydrogen-bond acceptors (Lipinski definition) is 4. The van der Waals surface area contributed by atoms with E-state index in [1.165, 1.54) is 24.4 Å². The molecule has 0 aliphatic heterocycles. The summed E-state index contributed by atoms with van der Waals surface area (Å²) in [4.78, 5) is 30.1. The van der Waals surface area contributed by atoms with Crippen molar-refractivity contribution in [2.45, 2.75) is 6.54 Å². The maximum absolute atomic E-state index is 13.8. The number of carbonyl (C=O) groups is 1. The Morgan fingerprint density at radius 2 is 1.86 bits per heavy atom. The van der Waals surface area contributed by atoms with Crippen LogP contribution in [0.1, 0.15) is 15.9 Å². The first-order chi connectivity index (χ1) is 14.1. The SMILES string of the molecule is O=C(NCc1ccccc1)c1c(O)c2cccnc2n(-c2cccc(F)c2)c1=O. The number of nitrogens with zero attached hydrogens (tertiary/aromatic N) is 2. The van der Waals surface area contributed by atoms with Crippen LogP contribution < -0.4 is 10.9 Å². The molecule has 144 valence electrons. The average Bonchev–Trinajstić information content (AvgIpc) is 2.73. The lowest BCUT2D eigenvalue weighted by atomic mass is 10.1. The molecule has 0 saturated carbocycles. The second-order valence-electron chi connectivity index (χ2n) is 6.39. The zero-order chi connectivity index (χ0) is 20.4. The van der Waals surface area contributed by atoms with Crippen LogP contribution >= 0.6 is 0 Å². The summed E-state index contributed by atoms with van der Waals surface area (Å²) in [7, 11) is 0. The van der Waals surface area contributed by atoms with E-state index in [0.29, 0.717) is 0 Å². The first-order valence-corrected chi connectivity index (χ1v) is 8.87. The number of hydrogen-bond donors (Lipinski definition) is 2. The van der Waals surface area contributed by atoms with Gasteiger partial charge in [-0.15, -0.1) is 0 Å². The van der Waals surface area contributed by atoms with E-state index in [9.17, 15) is 19.1 Å². The monoisotopic (exact) mass is 389 g/mol. The summed E-state index contributed by atoms with van der Waals surface area (Å²) in [6, 6.07) is 17.7. The number of fused-ring (bicyclic) bond motifs is 1. The van der Waals surface area contributed by atoms with Gasteiger partial charge in [0.2, 0.25) is 0 Å². The molecule has 0 spiro atoms. The van der Waals surface area contributed by atoms with Gasteiger partial charge < -0.3 is 10.4 Å². The Morgan fingerprint density at radius 3 is 2.62 bits per heavy atom. The normalized spacial score (nSPS) is 10.8. The highest BCUT2D eigenvalue weighted by molar-refractivity contribution is 6.02. The maximum atomic E-state index is 13.8. The first-order valence-electron chi connectivity index (χ1n) is 8.87. The van der Waals surface area contributed by atoms with E-state index in [1.54, 1.807) is 12.1 Å². The van der Waals surface area contributed by atoms with Crippen molar-refractivity contribution in [3.63, 3.8) is 0 Å². The highest BCUT2D eigenvalue weighted by Gasteiger charge is 2.23. The zero-order valence-corrected chi connectivity index (χ0v) is 15.2. The Kier molecular flexibility index (Phi) is 4.78. The molecule has 4 aromatic rings. The van der Waals surface area contributed by atoms with Crippen LogP contribution in [-0.2, 0) is 6.54 Å². The van der Waals surface area contributed by atoms with Gasteiger partial charge in [0.15, 0.2) is 5.65 Å². The second-order valence-corrected chi connectivity index (χ2v) is 6.39. The Morgan fingerprint density at radius 1 is 1.07 bits per heavy atom. The van der Waals surface area contributed by atoms with Gasteiger partial charge in [0.1, 0.15) is 17.1 Å². The van der Waals surface area contributed by atoms with Crippen LogP contribution in [0.2, 0.25) is 0 Å². The molecule has 0 bridgehead atoms. The van der Waals surface area contributed by atoms with Gasteiger partial charge in [-0.1, -0.05) is 36.4 Å². The Labute approximate surface area is 164 Å². The molecule has 1 amide bonds. The third-order valence-corrected chi connectivity index (χ3v) is 4.50. The van der Waals surface area contributed by atoms with Crippen LogP contribution in [0.15, 0.2) is 77.7 Å². The van der Waals surface area contributed by atoms with Crippen LogP contribution in [-0.4, -0.2) is 20.6 Å². The number of pyridine rings is 2. The molecule has 7 heteroatoms. The maximum Gasteiger partial charge on any atom is 0.273 e. The minimum absolute atomic E-state index is 0.125. The number of aromatic nitrogens is 2. The van der Waals surface area contributed by atoms with Crippen molar-refractivity contribution >= 4 is 16.9 Å². The number of aromatic hydroxyl groups is 1. The van der Waals surface area contributed by atoms with Crippen LogP contribution in [0, 0.1) is 5.82 Å². The standard InChI is InChI=1S/C22H16FN3O3/c23-15-8-4-9-16(12-15)26-20-17(10-5-11-24-20)19(27)18(22(26)29)21(28)25-13-14-6-2-1-3-7-14/h1-12,27H,13H2,(H,25,28). The molecule has 2 aromatic carbocycles. The first kappa shape index (κ1) is 18.4. The quantitative estimate of drug-likeness (QED) is 0.562. The van der Waals surface area contributed by atoms with E-state index in [0.717, 1.165) is 16.2 Å². The topological polar surface area (TPSA) is 84.2 Å². The third kappa shape index (κ3) is 3.45. The van der Waals surface area contributed by atoms with Crippen molar-refractivity contribution in [3.05, 3.63) is 100 Å². The lowest BCUT2D eigenvalue weighted by Gasteiger charge is -2.14. The van der Waals surface area contributed by atoms with Gasteiger partial charge in [0.05, 0.1) is 11.1 Å². The summed E-state index contributed by atoms with van der Waals surface area (Å²) in [6.07, 6.45) is 1.45. The van der Waals surface area contributed by atoms with Gasteiger partial charge >= 0.3 is 0 Å². The molecule has 2 N–H and O–H groups in total. The third-order valence-electron chi connectivity index (χ3n) is 4.50. The summed E-state index contributed by atoms with van der Waals surface area (Å²) >= 11 is 0. The number of halogens is 1. The van der Waals surface area contributed by atoms with Gasteiger partial charge in [-0.25, -0.2) is 9.37 Å². The number of benzene rings is 2. The van der Waals surface area contributed by atoms with Gasteiger partial charge in [-0.05, 0) is 35.9 Å². The zero-order valence-electron chi connectivity index (χ0n) is 15.2. The molecular weight excluding hydrogens is 373 g/mol. The summed E-state index contributed by atoms with van der Waals surface area (Å²) in [5, 5.41) is 13.5. The number of carbonyl (C=O) groups excluding carboxylic acids is 1. The molecule has 2 aromatic heterocycles. The Balaban J connectivity index is 1.86. The summed E-state index contributed by atoms with van der Waals surface area (Å²) in [5.74, 6) is -1.73. The predicted molar refractivity (Wildman–Crippen MR) is 107 cm³/mol. The molecule has 0 aliphatic carbocycles. The van der Waals surface area contributed by atoms with E-state index >= 15 is 0 Å². The molecule has 29 heavy (non-hydrogen) atoms. The number of rotatable bonds is 4. The Hall–Kier alpha value is -4.00. The van der Waals surface area contributed by atoms with E-state index in [4.69, 9.17) is 0 Å². The molecule has 6 nitrogen and oxygen atoms in total. The Bertz CT molecular complexity index is 1270. The van der Waals surface area contributed by atoms with Gasteiger partial charge in [-0.2, -0.15) is 0 Å². The largest absolute Gasteiger partial charge is 0.506 e. The summed E-state index contributed by atoms with van der Waals surface area (Å²) in [5.41, 5.74) is -0.0418. The molecule has 4 rings (SSSR count). The van der Waals surface area contributed by atoms with Gasteiger partial charge in [0, 0.05) is 12.7 Å². The van der Waals surface area contributed by atoms with Crippen LogP contribution in [0.3, 0.4) is 0 Å². The van der Waals surface area contributed by atoms with Crippen molar-refractivity contribution in [3.8, 4) is 11.4 Å². The minimum Gasteiger partial charge on any atom is -0.506 e. The fourth-order valence-electron chi connectivity index (χ4n) is 3.13. The molecule has 0 atom stereocenters. The van der Waals surface area contributed by atoms with Gasteiger partial charge in [0.25, 0.3) is 11.5 Å². The second kappa shape index (κ2) is 7.55. The minimum atomic E-state index is -0.787. The molecule has 0 aliphatic rings. The highest BCUT2D eigenvalue weighted by atomic mass is 19.1. The van der Waals surface area contributed by atoms with Crippen molar-refractivity contribution in [2.24, 2.45) is 0 Å². The lowest BCUT2D eigenvalue weighted by molar-refractivity contribution is 0.0946. The summed E-state index contributed by atoms with van der Waals surface area (Å²) < 4.78 is 14.9. The highest BCUT2D eigenvalue weighted by Crippen LogP contribution is 2.26. The smallest absolute Gasteiger partial charge is 0.273 e. The number of amides is 1. The van der Waals surface area contributed by atoms with Crippen molar-refractivity contribution < 1.29 is 14.3 Å². The molecule has 2 heterocycles. The van der Waals surface area contributed by atoms with Gasteiger partial charge in [-0.3, -0.25) is 14.2 Å². The van der Waals surface area contributed by atoms with E-state index in [-0.39, 0.29) is 23.3 Å². The van der Waals surface area contributed by atoms with Crippen molar-refractivity contribution in [2.75, 3.05) is 0 Å².